The van der Waals surface area contributed by atoms with Gasteiger partial charge in [0.1, 0.15) is 293 Å². The molecule has 139 heavy (non-hydrogen) atoms. The second-order valence-electron chi connectivity index (χ2n) is 35.2. The fourth-order valence-corrected chi connectivity index (χ4v) is 17.9. The first-order chi connectivity index (χ1) is 65.8. The van der Waals surface area contributed by atoms with Crippen molar-refractivity contribution < 1.29 is 302 Å². The number of ether oxygens (including phenoxy) is 23. The smallest absolute Gasteiger partial charge is 0.217 e. The Bertz CT molecular complexity index is 3730. The lowest BCUT2D eigenvalue weighted by atomic mass is 9.94. The lowest BCUT2D eigenvalue weighted by Crippen LogP contribution is -2.70. The van der Waals surface area contributed by atoms with E-state index in [1.54, 1.807) is 0 Å². The van der Waals surface area contributed by atoms with E-state index in [-0.39, 0.29) is 0 Å². The van der Waals surface area contributed by atoms with Crippen molar-refractivity contribution in [3.05, 3.63) is 0 Å². The van der Waals surface area contributed by atoms with Gasteiger partial charge in [-0.25, -0.2) is 0 Å². The van der Waals surface area contributed by atoms with Gasteiger partial charge in [-0.05, 0) is 0 Å². The summed E-state index contributed by atoms with van der Waals surface area (Å²) in [6.07, 6.45) is -131. The van der Waals surface area contributed by atoms with Crippen molar-refractivity contribution in [1.82, 2.24) is 10.6 Å². The van der Waals surface area contributed by atoms with Crippen LogP contribution in [0.3, 0.4) is 0 Å². The highest BCUT2D eigenvalue weighted by Crippen LogP contribution is 2.42. The molecule has 12 heterocycles. The second-order valence-corrected chi connectivity index (χ2v) is 35.2. The Balaban J connectivity index is 0.930. The van der Waals surface area contributed by atoms with Crippen molar-refractivity contribution in [2.75, 3.05) is 79.3 Å². The van der Waals surface area contributed by atoms with Gasteiger partial charge in [0.25, 0.3) is 0 Å². The molecule has 12 rings (SSSR count). The SMILES string of the molecule is CC(=O)N[C@H]1[C@H](O[C@H]2[C@H](O)[C@@H](NC(C)=O)C(O)O[C@@H]2CO)O[C@H](CO)[C@@H](O[C@@H]2O[C@H](CO[C@H]3O[C@H](CO[C@H]4O[C@H](CO)[C@@H](O)[C@H](O)[C@@H]4O)[C@@H](O)[C@H](O[C@H]4O[C@H](CO)[C@@H](O)[C@H](O)[C@@H]4O)[C@@H]3O)[C@@H](O)[C@H](O[C@H]3O[C@H](CO[C@H]4O[C@H](CO)[C@@H](O)[C@H](O)[C@@H]4O[C@H]4O[C@H](CO)[C@@H](O)[C@H](O)[C@@H]4O)[C@@H](O)[C@H](O)[C@@H]3O[C@H]3O[C@H](CO)[C@@H](O)[C@H](O)[C@@H]3O[C@H]3O[C@H](CO)[C@@H](O)[C@H](O[C@H]4O[C@H](CO)[C@@H](O)[C@H](O)[C@@H]4O)[C@@H]3O)[C@@H]2O)[C@@H]1O. The maximum absolute atomic E-state index is 13.2. The van der Waals surface area contributed by atoms with E-state index in [0.717, 1.165) is 13.8 Å². The van der Waals surface area contributed by atoms with Gasteiger partial charge in [-0.1, -0.05) is 0 Å². The average molecular weight is 2050 g/mol. The molecule has 808 valence electrons. The highest BCUT2D eigenvalue weighted by Gasteiger charge is 2.63. The van der Waals surface area contributed by atoms with Gasteiger partial charge in [0.15, 0.2) is 75.5 Å². The molecule has 63 heteroatoms. The Morgan fingerprint density at radius 2 is 0.396 bits per heavy atom. The maximum atomic E-state index is 13.2. The summed E-state index contributed by atoms with van der Waals surface area (Å²) in [7, 11) is 0. The van der Waals surface area contributed by atoms with Crippen molar-refractivity contribution in [2.45, 2.75) is 382 Å². The van der Waals surface area contributed by atoms with E-state index in [1.165, 1.54) is 0 Å². The minimum absolute atomic E-state index is 0.846. The minimum atomic E-state index is -2.83. The molecule has 2 amide bonds. The summed E-state index contributed by atoms with van der Waals surface area (Å²) in [5.41, 5.74) is 0. The first-order valence-corrected chi connectivity index (χ1v) is 44.2. The fourth-order valence-electron chi connectivity index (χ4n) is 17.9. The van der Waals surface area contributed by atoms with Crippen LogP contribution >= 0.6 is 0 Å². The summed E-state index contributed by atoms with van der Waals surface area (Å²) in [5.74, 6) is -1.88. The van der Waals surface area contributed by atoms with Gasteiger partial charge < -0.3 is 303 Å². The standard InChI is InChI=1S/C76H128N2O61/c1-15(88)77-29-41(100)57(24(10-86)120-65(29)116)132-66-30(78-16(2)89)42(101)58(25(11-87)128-66)133-73-56(115)61(40(99)28(130-73)14-118-68-54(113)60(135-70-52(111)45(104)33(92)19(5-81)123-70)39(98)27(129-68)13-117-67-50(109)43(102)31(90)17(3-79)121-67)136-76-64(49(108)37(96)26(131-76)12-119-74-62(47(106)35(94)21(7-83)126-74)137-71-53(112)46(105)34(93)20(6-82)124-71)139-75-63(48(107)36(95)22(8-84)127-75)138-72-55(114)59(38(97)23(9-85)125-72)134-69-51(110)44(103)32(91)18(4-80)122-69/h17-76,79-87,90-116H,3-14H2,1-2H3,(H,77,88)(H,78,89)/t17-,18-,19-,20-,21-,22-,23-,24-,25-,26-,27-,28-,29-,30-,31-,32-,33-,34-,35-,36-,37-,38-,39-,40-,41-,42-,43+,44+,45+,46+,47+,48+,49+,50+,51+,52+,53+,54+,55+,56+,57-,58-,59+,60+,61+,62+,63+,64+,65?,66+,67+,68+,69-,70-,71-,72-,73+,74+,75-,76-/m1/s1. The number of carbonyl (C=O) groups is 2. The Kier molecular flexibility index (Phi) is 41.0. The molecule has 0 saturated carbocycles. The van der Waals surface area contributed by atoms with Crippen LogP contribution in [0.25, 0.3) is 0 Å². The molecular weight excluding hydrogens is 1920 g/mol. The van der Waals surface area contributed by atoms with Gasteiger partial charge in [0.05, 0.1) is 79.3 Å². The van der Waals surface area contributed by atoms with Crippen molar-refractivity contribution >= 4 is 11.8 Å². The van der Waals surface area contributed by atoms with E-state index in [0.29, 0.717) is 0 Å². The topological polar surface area (TPSA) is 999 Å². The highest BCUT2D eigenvalue weighted by molar-refractivity contribution is 5.73. The Labute approximate surface area is 784 Å². The number of amides is 2. The predicted octanol–water partition coefficient (Wildman–Crippen LogP) is -26.9. The van der Waals surface area contributed by atoms with Gasteiger partial charge in [-0.3, -0.25) is 9.59 Å². The third-order valence-electron chi connectivity index (χ3n) is 25.9. The van der Waals surface area contributed by atoms with Crippen LogP contribution in [0.2, 0.25) is 0 Å². The molecule has 0 aromatic rings. The zero-order valence-electron chi connectivity index (χ0n) is 73.4. The van der Waals surface area contributed by atoms with Gasteiger partial charge in [0.2, 0.25) is 11.8 Å². The van der Waals surface area contributed by atoms with Crippen molar-refractivity contribution in [3.63, 3.8) is 0 Å². The molecule has 1 unspecified atom stereocenters. The quantitative estimate of drug-likeness (QED) is 0.0277. The second kappa shape index (κ2) is 49.8. The van der Waals surface area contributed by atoms with Crippen molar-refractivity contribution in [1.29, 1.82) is 0 Å². The van der Waals surface area contributed by atoms with E-state index in [9.17, 15) is 193 Å². The molecule has 63 nitrogen and oxygen atoms in total. The van der Waals surface area contributed by atoms with Gasteiger partial charge in [-0.15, -0.1) is 0 Å². The van der Waals surface area contributed by atoms with E-state index < -0.39 is 459 Å². The summed E-state index contributed by atoms with van der Waals surface area (Å²) in [5, 5.41) is 408. The molecule has 0 aliphatic carbocycles. The number of nitrogens with one attached hydrogen (secondary N) is 2. The Morgan fingerprint density at radius 1 is 0.187 bits per heavy atom. The van der Waals surface area contributed by atoms with Gasteiger partial charge in [0, 0.05) is 13.8 Å². The molecule has 60 atom stereocenters. The van der Waals surface area contributed by atoms with Crippen LogP contribution in [0, 0.1) is 0 Å². The third kappa shape index (κ3) is 24.7. The first kappa shape index (κ1) is 114. The van der Waals surface area contributed by atoms with Crippen LogP contribution < -0.4 is 10.6 Å². The van der Waals surface area contributed by atoms with Crippen LogP contribution in [0.1, 0.15) is 13.8 Å². The molecule has 12 aliphatic heterocycles. The van der Waals surface area contributed by atoms with E-state index in [4.69, 9.17) is 109 Å². The Morgan fingerprint density at radius 3 is 0.777 bits per heavy atom. The summed E-state index contributed by atoms with van der Waals surface area (Å²) in [6, 6.07) is -3.80. The number of aliphatic hydroxyl groups excluding tert-OH is 36. The van der Waals surface area contributed by atoms with Crippen LogP contribution in [0.4, 0.5) is 0 Å². The maximum Gasteiger partial charge on any atom is 0.217 e. The van der Waals surface area contributed by atoms with E-state index in [1.807, 2.05) is 0 Å². The van der Waals surface area contributed by atoms with Crippen LogP contribution in [0.5, 0.6) is 0 Å². The lowest BCUT2D eigenvalue weighted by molar-refractivity contribution is -0.413. The van der Waals surface area contributed by atoms with Crippen LogP contribution in [0.15, 0.2) is 0 Å². The van der Waals surface area contributed by atoms with Gasteiger partial charge in [-0.2, -0.15) is 0 Å². The molecule has 12 saturated heterocycles. The average Bonchev–Trinajstić information content (AvgIpc) is 0.757. The molecule has 0 aromatic carbocycles. The lowest BCUT2D eigenvalue weighted by Gasteiger charge is -2.51. The van der Waals surface area contributed by atoms with E-state index >= 15 is 0 Å². The molecule has 0 radical (unpaired) electrons. The number of hydrogen-bond donors (Lipinski definition) is 38. The van der Waals surface area contributed by atoms with Crippen LogP contribution in [-0.4, -0.2) is 643 Å². The number of hydrogen-bond acceptors (Lipinski definition) is 61. The predicted molar refractivity (Wildman–Crippen MR) is 418 cm³/mol. The largest absolute Gasteiger partial charge is 0.394 e. The first-order valence-electron chi connectivity index (χ1n) is 44.2. The fraction of sp³-hybridized carbons (Fsp3) is 0.974. The third-order valence-corrected chi connectivity index (χ3v) is 25.9. The zero-order valence-corrected chi connectivity index (χ0v) is 73.4. The Hall–Kier alpha value is -3.42. The summed E-state index contributed by atoms with van der Waals surface area (Å²) in [4.78, 5) is 25.5. The number of carbonyl (C=O) groups excluding carboxylic acids is 2. The normalized spacial score (nSPS) is 51.9. The summed E-state index contributed by atoms with van der Waals surface area (Å²) in [6.45, 7) is -12.2. The minimum Gasteiger partial charge on any atom is -0.394 e. The zero-order chi connectivity index (χ0) is 102. The summed E-state index contributed by atoms with van der Waals surface area (Å²) < 4.78 is 135. The van der Waals surface area contributed by atoms with Crippen LogP contribution in [-0.2, 0) is 119 Å². The molecule has 12 fully saturated rings. The number of rotatable bonds is 36. The summed E-state index contributed by atoms with van der Waals surface area (Å²) >= 11 is 0. The van der Waals surface area contributed by atoms with E-state index in [2.05, 4.69) is 10.6 Å². The molecule has 38 N–H and O–H groups in total. The molecular formula is C76H128N2O61. The molecule has 0 aromatic heterocycles. The highest BCUT2D eigenvalue weighted by atomic mass is 16.8. The molecule has 12 aliphatic rings. The molecule has 0 spiro atoms. The molecule has 0 bridgehead atoms. The van der Waals surface area contributed by atoms with Crippen molar-refractivity contribution in [3.8, 4) is 0 Å². The number of aliphatic hydroxyl groups is 36. The van der Waals surface area contributed by atoms with Gasteiger partial charge >= 0.3 is 0 Å². The van der Waals surface area contributed by atoms with Crippen molar-refractivity contribution in [2.24, 2.45) is 0 Å². The monoisotopic (exact) mass is 2040 g/mol.